The first-order valence-corrected chi connectivity index (χ1v) is 7.48. The van der Waals surface area contributed by atoms with Gasteiger partial charge in [0.1, 0.15) is 0 Å². The molecule has 18 heavy (non-hydrogen) atoms. The molecule has 0 unspecified atom stereocenters. The van der Waals surface area contributed by atoms with Gasteiger partial charge in [0.2, 0.25) is 0 Å². The zero-order valence-electron chi connectivity index (χ0n) is 10.2. The first-order chi connectivity index (χ1) is 8.65. The number of nitrogens with two attached hydrogens (primary N) is 1. The Morgan fingerprint density at radius 1 is 1.44 bits per heavy atom. The number of anilines is 1. The topological polar surface area (TPSA) is 50.9 Å². The second kappa shape index (κ2) is 6.31. The zero-order chi connectivity index (χ0) is 13.0. The van der Waals surface area contributed by atoms with Crippen LogP contribution in [-0.2, 0) is 13.0 Å². The molecule has 0 saturated carbocycles. The quantitative estimate of drug-likeness (QED) is 0.656. The van der Waals surface area contributed by atoms with E-state index in [1.807, 2.05) is 25.1 Å². The molecule has 3 N–H and O–H groups in total. The summed E-state index contributed by atoms with van der Waals surface area (Å²) in [5.41, 5.74) is 9.05. The van der Waals surface area contributed by atoms with Crippen LogP contribution in [0.25, 0.3) is 0 Å². The zero-order valence-corrected chi connectivity index (χ0v) is 12.6. The number of nitrogens with zero attached hydrogens (tertiary/aromatic N) is 1. The number of hydrogen-bond acceptors (Lipinski definition) is 4. The molecule has 2 aromatic rings. The van der Waals surface area contributed by atoms with Crippen molar-refractivity contribution in [1.82, 2.24) is 10.3 Å². The maximum absolute atomic E-state index is 5.94. The van der Waals surface area contributed by atoms with Gasteiger partial charge in [0, 0.05) is 35.1 Å². The number of benzene rings is 1. The largest absolute Gasteiger partial charge is 0.398 e. The van der Waals surface area contributed by atoms with Gasteiger partial charge in [0.15, 0.2) is 0 Å². The van der Waals surface area contributed by atoms with E-state index in [2.05, 4.69) is 31.6 Å². The van der Waals surface area contributed by atoms with E-state index < -0.39 is 0 Å². The van der Waals surface area contributed by atoms with Crippen molar-refractivity contribution in [3.63, 3.8) is 0 Å². The van der Waals surface area contributed by atoms with Crippen molar-refractivity contribution < 1.29 is 0 Å². The van der Waals surface area contributed by atoms with Gasteiger partial charge in [-0.15, -0.1) is 11.3 Å². The molecule has 0 radical (unpaired) electrons. The van der Waals surface area contributed by atoms with Crippen LogP contribution < -0.4 is 11.1 Å². The summed E-state index contributed by atoms with van der Waals surface area (Å²) in [5.74, 6) is 0. The Labute approximate surface area is 120 Å². The fourth-order valence-corrected chi connectivity index (χ4v) is 2.72. The van der Waals surface area contributed by atoms with E-state index in [0.717, 1.165) is 45.9 Å². The van der Waals surface area contributed by atoms with Crippen molar-refractivity contribution in [2.24, 2.45) is 0 Å². The predicted octanol–water partition coefficient (Wildman–Crippen LogP) is 3.13. The standard InChI is InChI=1S/C13H16BrN3S/c1-9-17-12(8-18-9)4-5-16-7-10-2-3-11(14)6-13(10)15/h2-3,6,8,16H,4-5,7,15H2,1H3. The SMILES string of the molecule is Cc1nc(CCNCc2ccc(Br)cc2N)cs1. The van der Waals surface area contributed by atoms with Crippen molar-refractivity contribution in [1.29, 1.82) is 0 Å². The first kappa shape index (κ1) is 13.5. The Hall–Kier alpha value is -0.910. The lowest BCUT2D eigenvalue weighted by Gasteiger charge is -2.07. The normalized spacial score (nSPS) is 10.8. The Morgan fingerprint density at radius 3 is 2.94 bits per heavy atom. The van der Waals surface area contributed by atoms with Gasteiger partial charge in [-0.3, -0.25) is 0 Å². The molecule has 2 rings (SSSR count). The molecular formula is C13H16BrN3S. The van der Waals surface area contributed by atoms with E-state index in [-0.39, 0.29) is 0 Å². The number of nitrogens with one attached hydrogen (secondary N) is 1. The van der Waals surface area contributed by atoms with Crippen LogP contribution in [0.1, 0.15) is 16.3 Å². The number of nitrogen functional groups attached to an aromatic ring is 1. The first-order valence-electron chi connectivity index (χ1n) is 5.81. The average Bonchev–Trinajstić information content (AvgIpc) is 2.73. The molecule has 1 aromatic carbocycles. The van der Waals surface area contributed by atoms with Gasteiger partial charge >= 0.3 is 0 Å². The highest BCUT2D eigenvalue weighted by Gasteiger charge is 2.01. The minimum Gasteiger partial charge on any atom is -0.398 e. The van der Waals surface area contributed by atoms with Crippen molar-refractivity contribution in [3.8, 4) is 0 Å². The predicted molar refractivity (Wildman–Crippen MR) is 80.8 cm³/mol. The Morgan fingerprint density at radius 2 is 2.28 bits per heavy atom. The summed E-state index contributed by atoms with van der Waals surface area (Å²) in [7, 11) is 0. The molecule has 5 heteroatoms. The summed E-state index contributed by atoms with van der Waals surface area (Å²) < 4.78 is 1.02. The fraction of sp³-hybridized carbons (Fsp3) is 0.308. The number of aryl methyl sites for hydroxylation is 1. The van der Waals surface area contributed by atoms with Gasteiger partial charge in [0.05, 0.1) is 10.7 Å². The Balaban J connectivity index is 1.78. The van der Waals surface area contributed by atoms with Crippen molar-refractivity contribution in [2.45, 2.75) is 19.9 Å². The van der Waals surface area contributed by atoms with Crippen LogP contribution in [0.2, 0.25) is 0 Å². The summed E-state index contributed by atoms with van der Waals surface area (Å²) in [6.07, 6.45) is 0.959. The molecule has 0 bridgehead atoms. The molecule has 1 aromatic heterocycles. The van der Waals surface area contributed by atoms with E-state index in [4.69, 9.17) is 5.73 Å². The highest BCUT2D eigenvalue weighted by Crippen LogP contribution is 2.18. The Bertz CT molecular complexity index is 525. The second-order valence-corrected chi connectivity index (χ2v) is 6.11. The van der Waals surface area contributed by atoms with E-state index in [1.54, 1.807) is 11.3 Å². The smallest absolute Gasteiger partial charge is 0.0897 e. The van der Waals surface area contributed by atoms with Crippen LogP contribution in [-0.4, -0.2) is 11.5 Å². The minimum absolute atomic E-state index is 0.794. The number of hydrogen-bond donors (Lipinski definition) is 2. The van der Waals surface area contributed by atoms with E-state index in [9.17, 15) is 0 Å². The third-order valence-electron chi connectivity index (χ3n) is 2.65. The fourth-order valence-electron chi connectivity index (χ4n) is 1.69. The Kier molecular flexibility index (Phi) is 4.74. The van der Waals surface area contributed by atoms with Gasteiger partial charge in [0.25, 0.3) is 0 Å². The summed E-state index contributed by atoms with van der Waals surface area (Å²) in [6.45, 7) is 3.74. The lowest BCUT2D eigenvalue weighted by molar-refractivity contribution is 0.682. The molecule has 0 aliphatic rings. The molecule has 0 amide bonds. The number of halogens is 1. The molecule has 0 aliphatic heterocycles. The van der Waals surface area contributed by atoms with Crippen molar-refractivity contribution >= 4 is 33.0 Å². The van der Waals surface area contributed by atoms with Gasteiger partial charge in [-0.1, -0.05) is 22.0 Å². The summed E-state index contributed by atoms with van der Waals surface area (Å²) >= 11 is 5.10. The summed E-state index contributed by atoms with van der Waals surface area (Å²) in [5, 5.41) is 6.63. The van der Waals surface area contributed by atoms with Gasteiger partial charge < -0.3 is 11.1 Å². The average molecular weight is 326 g/mol. The van der Waals surface area contributed by atoms with Crippen LogP contribution in [0.5, 0.6) is 0 Å². The highest BCUT2D eigenvalue weighted by atomic mass is 79.9. The highest BCUT2D eigenvalue weighted by molar-refractivity contribution is 9.10. The third-order valence-corrected chi connectivity index (χ3v) is 3.96. The summed E-state index contributed by atoms with van der Waals surface area (Å²) in [6, 6.07) is 5.98. The van der Waals surface area contributed by atoms with E-state index in [0.29, 0.717) is 0 Å². The number of aromatic nitrogens is 1. The molecule has 1 heterocycles. The lowest BCUT2D eigenvalue weighted by atomic mass is 10.2. The number of thiazole rings is 1. The molecule has 0 aliphatic carbocycles. The summed E-state index contributed by atoms with van der Waals surface area (Å²) in [4.78, 5) is 4.43. The van der Waals surface area contributed by atoms with Gasteiger partial charge in [-0.25, -0.2) is 4.98 Å². The number of rotatable bonds is 5. The molecule has 0 atom stereocenters. The van der Waals surface area contributed by atoms with Crippen molar-refractivity contribution in [2.75, 3.05) is 12.3 Å². The maximum Gasteiger partial charge on any atom is 0.0897 e. The van der Waals surface area contributed by atoms with E-state index in [1.165, 1.54) is 0 Å². The molecule has 0 fully saturated rings. The maximum atomic E-state index is 5.94. The van der Waals surface area contributed by atoms with Crippen LogP contribution in [0.15, 0.2) is 28.1 Å². The van der Waals surface area contributed by atoms with Crippen LogP contribution >= 0.6 is 27.3 Å². The lowest BCUT2D eigenvalue weighted by Crippen LogP contribution is -2.17. The van der Waals surface area contributed by atoms with Crippen LogP contribution in [0.3, 0.4) is 0 Å². The molecule has 0 saturated heterocycles. The second-order valence-electron chi connectivity index (χ2n) is 4.13. The van der Waals surface area contributed by atoms with Crippen molar-refractivity contribution in [3.05, 3.63) is 44.3 Å². The van der Waals surface area contributed by atoms with Crippen LogP contribution in [0.4, 0.5) is 5.69 Å². The van der Waals surface area contributed by atoms with Gasteiger partial charge in [-0.05, 0) is 24.6 Å². The molecular weight excluding hydrogens is 310 g/mol. The van der Waals surface area contributed by atoms with Gasteiger partial charge in [-0.2, -0.15) is 0 Å². The molecule has 0 spiro atoms. The van der Waals surface area contributed by atoms with Crippen LogP contribution in [0, 0.1) is 6.92 Å². The van der Waals surface area contributed by atoms with E-state index >= 15 is 0 Å². The minimum atomic E-state index is 0.794. The molecule has 96 valence electrons. The monoisotopic (exact) mass is 325 g/mol. The molecule has 3 nitrogen and oxygen atoms in total. The third kappa shape index (κ3) is 3.80.